The van der Waals surface area contributed by atoms with E-state index in [1.54, 1.807) is 13.0 Å². The van der Waals surface area contributed by atoms with Crippen LogP contribution in [0.3, 0.4) is 0 Å². The summed E-state index contributed by atoms with van der Waals surface area (Å²) in [4.78, 5) is 14.6. The third-order valence-electron chi connectivity index (χ3n) is 1.16. The Hall–Kier alpha value is -1.83. The number of ether oxygens (including phenoxy) is 1. The summed E-state index contributed by atoms with van der Waals surface area (Å²) in [6, 6.07) is 1.75. The van der Waals surface area contributed by atoms with E-state index in [1.165, 1.54) is 13.3 Å². The Morgan fingerprint density at radius 3 is 2.77 bits per heavy atom. The number of nitriles is 1. The van der Waals surface area contributed by atoms with Gasteiger partial charge in [-0.1, -0.05) is 0 Å². The molecule has 0 aliphatic carbocycles. The molecule has 0 spiro atoms. The molecule has 70 valence electrons. The van der Waals surface area contributed by atoms with Gasteiger partial charge in [0.05, 0.1) is 6.61 Å². The quantitative estimate of drug-likeness (QED) is 0.287. The number of aliphatic imine (C=N–C) groups is 1. The van der Waals surface area contributed by atoms with Crippen LogP contribution in [-0.4, -0.2) is 25.8 Å². The summed E-state index contributed by atoms with van der Waals surface area (Å²) >= 11 is 0. The number of nitrogens with zero attached hydrogens (tertiary/aromatic N) is 2. The van der Waals surface area contributed by atoms with Gasteiger partial charge in [0.2, 0.25) is 0 Å². The largest absolute Gasteiger partial charge is 0.461 e. The van der Waals surface area contributed by atoms with Crippen molar-refractivity contribution in [3.05, 3.63) is 11.3 Å². The van der Waals surface area contributed by atoms with E-state index < -0.39 is 5.97 Å². The van der Waals surface area contributed by atoms with Crippen LogP contribution in [0.1, 0.15) is 6.92 Å². The molecule has 0 unspecified atom stereocenters. The Balaban J connectivity index is 4.77. The maximum absolute atomic E-state index is 11.0. The molecule has 13 heavy (non-hydrogen) atoms. The lowest BCUT2D eigenvalue weighted by Gasteiger charge is -2.01. The number of esters is 1. The summed E-state index contributed by atoms with van der Waals surface area (Å²) in [7, 11) is 1.48. The van der Waals surface area contributed by atoms with Gasteiger partial charge in [-0.2, -0.15) is 5.26 Å². The SMILES string of the molecule is CCOC(=O)C(N)=C(C#N)C=NC. The van der Waals surface area contributed by atoms with Gasteiger partial charge in [0, 0.05) is 13.3 Å². The van der Waals surface area contributed by atoms with Crippen molar-refractivity contribution >= 4 is 12.2 Å². The van der Waals surface area contributed by atoms with Crippen LogP contribution in [0.4, 0.5) is 0 Å². The molecule has 0 aromatic rings. The van der Waals surface area contributed by atoms with Crippen LogP contribution in [0.2, 0.25) is 0 Å². The highest BCUT2D eigenvalue weighted by Crippen LogP contribution is 1.97. The number of carbonyl (C=O) groups excluding carboxylic acids is 1. The van der Waals surface area contributed by atoms with Crippen molar-refractivity contribution < 1.29 is 9.53 Å². The molecule has 0 aromatic heterocycles. The normalized spacial score (nSPS) is 12.1. The zero-order valence-electron chi connectivity index (χ0n) is 7.57. The fraction of sp³-hybridized carbons (Fsp3) is 0.375. The number of nitrogens with two attached hydrogens (primary N) is 1. The third kappa shape index (κ3) is 3.38. The predicted molar refractivity (Wildman–Crippen MR) is 47.9 cm³/mol. The predicted octanol–water partition coefficient (Wildman–Crippen LogP) is -0.0135. The molecule has 0 aromatic carbocycles. The Morgan fingerprint density at radius 2 is 2.38 bits per heavy atom. The first-order valence-electron chi connectivity index (χ1n) is 3.66. The summed E-state index contributed by atoms with van der Waals surface area (Å²) in [5, 5.41) is 8.56. The van der Waals surface area contributed by atoms with Gasteiger partial charge in [0.1, 0.15) is 17.3 Å². The average Bonchev–Trinajstić information content (AvgIpc) is 2.13. The highest BCUT2D eigenvalue weighted by molar-refractivity contribution is 5.98. The van der Waals surface area contributed by atoms with Gasteiger partial charge in [0.25, 0.3) is 0 Å². The number of allylic oxidation sites excluding steroid dienone is 1. The van der Waals surface area contributed by atoms with Crippen LogP contribution in [0.15, 0.2) is 16.3 Å². The van der Waals surface area contributed by atoms with Gasteiger partial charge < -0.3 is 10.5 Å². The zero-order valence-corrected chi connectivity index (χ0v) is 7.57. The smallest absolute Gasteiger partial charge is 0.355 e. The van der Waals surface area contributed by atoms with Crippen molar-refractivity contribution in [3.63, 3.8) is 0 Å². The highest BCUT2D eigenvalue weighted by atomic mass is 16.5. The molecule has 5 nitrogen and oxygen atoms in total. The summed E-state index contributed by atoms with van der Waals surface area (Å²) in [5.74, 6) is -0.695. The van der Waals surface area contributed by atoms with E-state index >= 15 is 0 Å². The Bertz CT molecular complexity index is 286. The summed E-state index contributed by atoms with van der Waals surface area (Å²) in [6.07, 6.45) is 1.21. The standard InChI is InChI=1S/C8H11N3O2/c1-3-13-8(12)7(10)6(4-9)5-11-2/h5H,3,10H2,1-2H3. The van der Waals surface area contributed by atoms with Gasteiger partial charge in [-0.25, -0.2) is 4.79 Å². The van der Waals surface area contributed by atoms with Crippen molar-refractivity contribution in [1.29, 1.82) is 5.26 Å². The topological polar surface area (TPSA) is 88.5 Å². The molecule has 0 radical (unpaired) electrons. The van der Waals surface area contributed by atoms with Crippen LogP contribution < -0.4 is 5.73 Å². The molecular weight excluding hydrogens is 170 g/mol. The van der Waals surface area contributed by atoms with Gasteiger partial charge in [-0.05, 0) is 6.92 Å². The fourth-order valence-corrected chi connectivity index (χ4v) is 0.607. The lowest BCUT2D eigenvalue weighted by Crippen LogP contribution is -2.17. The van der Waals surface area contributed by atoms with E-state index in [1.807, 2.05) is 0 Å². The van der Waals surface area contributed by atoms with Crippen molar-refractivity contribution in [2.45, 2.75) is 6.92 Å². The Labute approximate surface area is 76.5 Å². The van der Waals surface area contributed by atoms with Crippen molar-refractivity contribution in [2.24, 2.45) is 10.7 Å². The molecule has 0 saturated heterocycles. The number of carbonyl (C=O) groups is 1. The van der Waals surface area contributed by atoms with Crippen LogP contribution >= 0.6 is 0 Å². The Kier molecular flexibility index (Phi) is 4.96. The molecular formula is C8H11N3O2. The second-order valence-electron chi connectivity index (χ2n) is 2.05. The molecule has 0 saturated carbocycles. The highest BCUT2D eigenvalue weighted by Gasteiger charge is 2.10. The van der Waals surface area contributed by atoms with Crippen LogP contribution in [0.25, 0.3) is 0 Å². The van der Waals surface area contributed by atoms with Gasteiger partial charge >= 0.3 is 5.97 Å². The maximum Gasteiger partial charge on any atom is 0.355 e. The van der Waals surface area contributed by atoms with Gasteiger partial charge in [0.15, 0.2) is 0 Å². The van der Waals surface area contributed by atoms with Crippen molar-refractivity contribution in [2.75, 3.05) is 13.7 Å². The first kappa shape index (κ1) is 11.2. The average molecular weight is 181 g/mol. The van der Waals surface area contributed by atoms with E-state index in [9.17, 15) is 4.79 Å². The molecule has 0 amide bonds. The molecule has 0 bridgehead atoms. The molecule has 0 aliphatic heterocycles. The van der Waals surface area contributed by atoms with Crippen molar-refractivity contribution in [1.82, 2.24) is 0 Å². The van der Waals surface area contributed by atoms with E-state index in [0.29, 0.717) is 0 Å². The Morgan fingerprint density at radius 1 is 1.77 bits per heavy atom. The summed E-state index contributed by atoms with van der Waals surface area (Å²) in [5.41, 5.74) is 5.14. The third-order valence-corrected chi connectivity index (χ3v) is 1.16. The van der Waals surface area contributed by atoms with E-state index in [2.05, 4.69) is 9.73 Å². The van der Waals surface area contributed by atoms with E-state index in [-0.39, 0.29) is 17.9 Å². The number of rotatable bonds is 3. The van der Waals surface area contributed by atoms with Gasteiger partial charge in [-0.15, -0.1) is 0 Å². The fourth-order valence-electron chi connectivity index (χ4n) is 0.607. The molecule has 0 fully saturated rings. The van der Waals surface area contributed by atoms with Crippen LogP contribution in [0.5, 0.6) is 0 Å². The monoisotopic (exact) mass is 181 g/mol. The minimum absolute atomic E-state index is 0.0148. The zero-order chi connectivity index (χ0) is 10.3. The molecule has 5 heteroatoms. The minimum Gasteiger partial charge on any atom is -0.461 e. The lowest BCUT2D eigenvalue weighted by atomic mass is 10.2. The van der Waals surface area contributed by atoms with Crippen LogP contribution in [-0.2, 0) is 9.53 Å². The van der Waals surface area contributed by atoms with Crippen molar-refractivity contribution in [3.8, 4) is 6.07 Å². The first-order valence-corrected chi connectivity index (χ1v) is 3.66. The molecule has 0 rings (SSSR count). The second-order valence-corrected chi connectivity index (χ2v) is 2.05. The molecule has 2 N–H and O–H groups in total. The summed E-state index contributed by atoms with van der Waals surface area (Å²) < 4.78 is 4.60. The molecule has 0 heterocycles. The van der Waals surface area contributed by atoms with E-state index in [0.717, 1.165) is 0 Å². The number of hydrogen-bond donors (Lipinski definition) is 1. The maximum atomic E-state index is 11.0. The minimum atomic E-state index is -0.695. The molecule has 0 aliphatic rings. The first-order chi connectivity index (χ1) is 6.17. The second kappa shape index (κ2) is 5.77. The lowest BCUT2D eigenvalue weighted by molar-refractivity contribution is -0.138. The van der Waals surface area contributed by atoms with Crippen LogP contribution in [0, 0.1) is 11.3 Å². The number of hydrogen-bond acceptors (Lipinski definition) is 5. The van der Waals surface area contributed by atoms with Gasteiger partial charge in [-0.3, -0.25) is 4.99 Å². The molecule has 0 atom stereocenters. The summed E-state index contributed by atoms with van der Waals surface area (Å²) in [6.45, 7) is 1.88. The van der Waals surface area contributed by atoms with E-state index in [4.69, 9.17) is 11.0 Å².